The zero-order valence-corrected chi connectivity index (χ0v) is 12.4. The van der Waals surface area contributed by atoms with Crippen LogP contribution in [0.3, 0.4) is 0 Å². The van der Waals surface area contributed by atoms with Gasteiger partial charge in [-0.1, -0.05) is 28.1 Å². The van der Waals surface area contributed by atoms with Gasteiger partial charge in [0.2, 0.25) is 0 Å². The number of thiophene rings is 1. The van der Waals surface area contributed by atoms with Crippen LogP contribution in [0.25, 0.3) is 0 Å². The quantitative estimate of drug-likeness (QED) is 0.865. The van der Waals surface area contributed by atoms with Gasteiger partial charge in [-0.2, -0.15) is 0 Å². The highest BCUT2D eigenvalue weighted by Crippen LogP contribution is 2.23. The van der Waals surface area contributed by atoms with Crippen molar-refractivity contribution < 1.29 is 0 Å². The topological polar surface area (TPSA) is 12.0 Å². The number of halogens is 1. The Balaban J connectivity index is 1.97. The molecule has 1 nitrogen and oxygen atoms in total. The standard InChI is InChI=1S/C14H16BrNS/c1-10-6-7-17-14(10)11(2)16-9-12-4-3-5-13(15)8-12/h3-8,11,16H,9H2,1-2H3. The molecule has 0 aliphatic carbocycles. The molecule has 0 bridgehead atoms. The summed E-state index contributed by atoms with van der Waals surface area (Å²) in [6.07, 6.45) is 0. The van der Waals surface area contributed by atoms with Gasteiger partial charge in [-0.3, -0.25) is 0 Å². The van der Waals surface area contributed by atoms with Crippen molar-refractivity contribution in [1.29, 1.82) is 0 Å². The molecule has 1 aromatic carbocycles. The minimum atomic E-state index is 0.411. The first kappa shape index (κ1) is 12.8. The average Bonchev–Trinajstić information content (AvgIpc) is 2.72. The Morgan fingerprint density at radius 3 is 2.82 bits per heavy atom. The molecule has 1 aromatic heterocycles. The van der Waals surface area contributed by atoms with Crippen molar-refractivity contribution in [2.45, 2.75) is 26.4 Å². The summed E-state index contributed by atoms with van der Waals surface area (Å²) >= 11 is 5.32. The molecule has 2 aromatic rings. The van der Waals surface area contributed by atoms with Crippen molar-refractivity contribution in [2.75, 3.05) is 0 Å². The van der Waals surface area contributed by atoms with Crippen molar-refractivity contribution in [3.05, 3.63) is 56.2 Å². The molecule has 0 aliphatic heterocycles. The van der Waals surface area contributed by atoms with Gasteiger partial charge in [-0.05, 0) is 48.6 Å². The van der Waals surface area contributed by atoms with E-state index < -0.39 is 0 Å². The maximum atomic E-state index is 3.56. The lowest BCUT2D eigenvalue weighted by atomic mass is 10.1. The Hall–Kier alpha value is -0.640. The molecular formula is C14H16BrNS. The number of hydrogen-bond donors (Lipinski definition) is 1. The second kappa shape index (κ2) is 5.80. The molecular weight excluding hydrogens is 294 g/mol. The lowest BCUT2D eigenvalue weighted by Gasteiger charge is -2.13. The van der Waals surface area contributed by atoms with Crippen molar-refractivity contribution in [1.82, 2.24) is 5.32 Å². The summed E-state index contributed by atoms with van der Waals surface area (Å²) in [5, 5.41) is 5.71. The lowest BCUT2D eigenvalue weighted by Crippen LogP contribution is -2.17. The van der Waals surface area contributed by atoms with E-state index in [1.54, 1.807) is 0 Å². The monoisotopic (exact) mass is 309 g/mol. The average molecular weight is 310 g/mol. The highest BCUT2D eigenvalue weighted by atomic mass is 79.9. The summed E-state index contributed by atoms with van der Waals surface area (Å²) < 4.78 is 1.14. The maximum absolute atomic E-state index is 3.56. The number of hydrogen-bond acceptors (Lipinski definition) is 2. The van der Waals surface area contributed by atoms with Crippen LogP contribution in [0.1, 0.15) is 29.0 Å². The number of nitrogens with one attached hydrogen (secondary N) is 1. The van der Waals surface area contributed by atoms with Crippen LogP contribution in [0.5, 0.6) is 0 Å². The van der Waals surface area contributed by atoms with Gasteiger partial charge in [0.25, 0.3) is 0 Å². The largest absolute Gasteiger partial charge is 0.305 e. The first-order valence-corrected chi connectivity index (χ1v) is 7.36. The molecule has 0 saturated carbocycles. The first-order chi connectivity index (χ1) is 8.16. The molecule has 0 saturated heterocycles. The van der Waals surface area contributed by atoms with E-state index in [0.29, 0.717) is 6.04 Å². The van der Waals surface area contributed by atoms with Gasteiger partial charge < -0.3 is 5.32 Å². The van der Waals surface area contributed by atoms with Gasteiger partial charge in [0, 0.05) is 21.9 Å². The summed E-state index contributed by atoms with van der Waals surface area (Å²) in [6.45, 7) is 5.29. The highest BCUT2D eigenvalue weighted by molar-refractivity contribution is 9.10. The fourth-order valence-corrected chi connectivity index (χ4v) is 3.25. The fourth-order valence-electron chi connectivity index (χ4n) is 1.84. The maximum Gasteiger partial charge on any atom is 0.0391 e. The van der Waals surface area contributed by atoms with Crippen LogP contribution >= 0.6 is 27.3 Å². The van der Waals surface area contributed by atoms with E-state index in [4.69, 9.17) is 0 Å². The first-order valence-electron chi connectivity index (χ1n) is 5.68. The van der Waals surface area contributed by atoms with Crippen LogP contribution in [0, 0.1) is 6.92 Å². The summed E-state index contributed by atoms with van der Waals surface area (Å²) in [6, 6.07) is 11.0. The van der Waals surface area contributed by atoms with Gasteiger partial charge in [0.05, 0.1) is 0 Å². The molecule has 17 heavy (non-hydrogen) atoms. The minimum Gasteiger partial charge on any atom is -0.305 e. The van der Waals surface area contributed by atoms with Gasteiger partial charge in [0.15, 0.2) is 0 Å². The molecule has 0 aliphatic rings. The molecule has 0 radical (unpaired) electrons. The Morgan fingerprint density at radius 2 is 2.18 bits per heavy atom. The zero-order chi connectivity index (χ0) is 12.3. The minimum absolute atomic E-state index is 0.411. The van der Waals surface area contributed by atoms with E-state index in [9.17, 15) is 0 Å². The van der Waals surface area contributed by atoms with Crippen molar-refractivity contribution in [3.63, 3.8) is 0 Å². The number of rotatable bonds is 4. The van der Waals surface area contributed by atoms with E-state index in [2.05, 4.69) is 70.8 Å². The molecule has 0 fully saturated rings. The third-order valence-electron chi connectivity index (χ3n) is 2.80. The summed E-state index contributed by atoms with van der Waals surface area (Å²) in [5.74, 6) is 0. The zero-order valence-electron chi connectivity index (χ0n) is 10.0. The van der Waals surface area contributed by atoms with Gasteiger partial charge in [-0.15, -0.1) is 11.3 Å². The highest BCUT2D eigenvalue weighted by Gasteiger charge is 2.08. The molecule has 90 valence electrons. The van der Waals surface area contributed by atoms with Gasteiger partial charge in [-0.25, -0.2) is 0 Å². The van der Waals surface area contributed by atoms with Crippen LogP contribution < -0.4 is 5.32 Å². The molecule has 1 unspecified atom stereocenters. The van der Waals surface area contributed by atoms with E-state index in [-0.39, 0.29) is 0 Å². The number of aryl methyl sites for hydroxylation is 1. The number of benzene rings is 1. The third kappa shape index (κ3) is 3.41. The molecule has 0 spiro atoms. The second-order valence-corrected chi connectivity index (χ2v) is 6.06. The molecule has 1 N–H and O–H groups in total. The third-order valence-corrected chi connectivity index (χ3v) is 4.49. The Bertz CT molecular complexity index is 492. The molecule has 0 amide bonds. The van der Waals surface area contributed by atoms with Crippen LogP contribution in [-0.2, 0) is 6.54 Å². The molecule has 3 heteroatoms. The van der Waals surface area contributed by atoms with E-state index >= 15 is 0 Å². The Kier molecular flexibility index (Phi) is 4.37. The van der Waals surface area contributed by atoms with Crippen molar-refractivity contribution in [3.8, 4) is 0 Å². The molecule has 2 rings (SSSR count). The second-order valence-electron chi connectivity index (χ2n) is 4.20. The van der Waals surface area contributed by atoms with Gasteiger partial charge >= 0.3 is 0 Å². The summed E-state index contributed by atoms with van der Waals surface area (Å²) in [4.78, 5) is 1.43. The molecule has 1 heterocycles. The van der Waals surface area contributed by atoms with Crippen molar-refractivity contribution in [2.24, 2.45) is 0 Å². The normalized spacial score (nSPS) is 12.6. The van der Waals surface area contributed by atoms with Crippen LogP contribution in [-0.4, -0.2) is 0 Å². The Morgan fingerprint density at radius 1 is 1.35 bits per heavy atom. The smallest absolute Gasteiger partial charge is 0.0391 e. The summed E-state index contributed by atoms with van der Waals surface area (Å²) in [5.41, 5.74) is 2.68. The predicted octanol–water partition coefficient (Wildman–Crippen LogP) is 4.67. The van der Waals surface area contributed by atoms with Crippen LogP contribution in [0.4, 0.5) is 0 Å². The van der Waals surface area contributed by atoms with Crippen LogP contribution in [0.15, 0.2) is 40.2 Å². The van der Waals surface area contributed by atoms with Crippen molar-refractivity contribution >= 4 is 27.3 Å². The predicted molar refractivity (Wildman–Crippen MR) is 78.5 cm³/mol. The van der Waals surface area contributed by atoms with E-state index in [1.165, 1.54) is 16.0 Å². The lowest BCUT2D eigenvalue weighted by molar-refractivity contribution is 0.580. The van der Waals surface area contributed by atoms with Crippen LogP contribution in [0.2, 0.25) is 0 Å². The SMILES string of the molecule is Cc1ccsc1C(C)NCc1cccc(Br)c1. The molecule has 1 atom stereocenters. The fraction of sp³-hybridized carbons (Fsp3) is 0.286. The van der Waals surface area contributed by atoms with E-state index in [1.807, 2.05) is 11.3 Å². The Labute approximate surface area is 115 Å². The van der Waals surface area contributed by atoms with E-state index in [0.717, 1.165) is 11.0 Å². The summed E-state index contributed by atoms with van der Waals surface area (Å²) in [7, 11) is 0. The van der Waals surface area contributed by atoms with Gasteiger partial charge in [0.1, 0.15) is 0 Å².